The van der Waals surface area contributed by atoms with Crippen molar-refractivity contribution in [1.29, 1.82) is 0 Å². The summed E-state index contributed by atoms with van der Waals surface area (Å²) in [5, 5.41) is 13.9. The lowest BCUT2D eigenvalue weighted by molar-refractivity contribution is -0.384. The average Bonchev–Trinajstić information content (AvgIpc) is 2.41. The Balaban J connectivity index is 2.05. The van der Waals surface area contributed by atoms with Crippen LogP contribution in [0, 0.1) is 27.8 Å². The molecule has 1 aliphatic rings. The minimum Gasteiger partial charge on any atom is -0.379 e. The van der Waals surface area contributed by atoms with E-state index < -0.39 is 10.7 Å². The SMILES string of the molecule is CC1CCC(CNc2cc(Cl)c(F)cc2[N+](=O)[O-])CC1. The quantitative estimate of drug-likeness (QED) is 0.651. The van der Waals surface area contributed by atoms with Crippen LogP contribution in [-0.2, 0) is 0 Å². The van der Waals surface area contributed by atoms with Crippen molar-refractivity contribution in [1.82, 2.24) is 0 Å². The number of nitrogens with one attached hydrogen (secondary N) is 1. The molecule has 0 bridgehead atoms. The van der Waals surface area contributed by atoms with Crippen LogP contribution in [0.15, 0.2) is 12.1 Å². The highest BCUT2D eigenvalue weighted by atomic mass is 35.5. The van der Waals surface area contributed by atoms with Crippen LogP contribution in [0.3, 0.4) is 0 Å². The lowest BCUT2D eigenvalue weighted by Crippen LogP contribution is -2.20. The summed E-state index contributed by atoms with van der Waals surface area (Å²) in [5.74, 6) is 0.505. The molecule has 4 nitrogen and oxygen atoms in total. The molecule has 1 aliphatic carbocycles. The third-order valence-electron chi connectivity index (χ3n) is 3.95. The maximum Gasteiger partial charge on any atom is 0.295 e. The molecular weight excluding hydrogens is 283 g/mol. The minimum atomic E-state index is -0.768. The average molecular weight is 301 g/mol. The summed E-state index contributed by atoms with van der Waals surface area (Å²) < 4.78 is 13.3. The number of benzene rings is 1. The zero-order chi connectivity index (χ0) is 14.7. The monoisotopic (exact) mass is 300 g/mol. The van der Waals surface area contributed by atoms with Crippen molar-refractivity contribution < 1.29 is 9.31 Å². The van der Waals surface area contributed by atoms with Gasteiger partial charge in [-0.3, -0.25) is 10.1 Å². The van der Waals surface area contributed by atoms with Gasteiger partial charge in [-0.2, -0.15) is 0 Å². The highest BCUT2D eigenvalue weighted by molar-refractivity contribution is 6.31. The van der Waals surface area contributed by atoms with Crippen molar-refractivity contribution in [3.63, 3.8) is 0 Å². The lowest BCUT2D eigenvalue weighted by atomic mass is 9.83. The zero-order valence-electron chi connectivity index (χ0n) is 11.4. The van der Waals surface area contributed by atoms with Crippen molar-refractivity contribution in [3.8, 4) is 0 Å². The van der Waals surface area contributed by atoms with Crippen molar-refractivity contribution >= 4 is 23.0 Å². The van der Waals surface area contributed by atoms with E-state index in [0.29, 0.717) is 18.2 Å². The number of hydrogen-bond acceptors (Lipinski definition) is 3. The van der Waals surface area contributed by atoms with Crippen LogP contribution in [0.4, 0.5) is 15.8 Å². The van der Waals surface area contributed by atoms with Crippen LogP contribution in [0.2, 0.25) is 5.02 Å². The Morgan fingerprint density at radius 2 is 2.05 bits per heavy atom. The lowest BCUT2D eigenvalue weighted by Gasteiger charge is -2.26. The molecule has 0 saturated heterocycles. The topological polar surface area (TPSA) is 55.2 Å². The third-order valence-corrected chi connectivity index (χ3v) is 4.24. The Labute approximate surface area is 122 Å². The van der Waals surface area contributed by atoms with E-state index >= 15 is 0 Å². The fourth-order valence-corrected chi connectivity index (χ4v) is 2.78. The van der Waals surface area contributed by atoms with Crippen LogP contribution in [-0.4, -0.2) is 11.5 Å². The first-order valence-corrected chi connectivity index (χ1v) is 7.22. The number of halogens is 2. The van der Waals surface area contributed by atoms with Gasteiger partial charge in [-0.15, -0.1) is 0 Å². The van der Waals surface area contributed by atoms with Crippen LogP contribution in [0.1, 0.15) is 32.6 Å². The molecule has 0 radical (unpaired) electrons. The summed E-state index contributed by atoms with van der Waals surface area (Å²) in [7, 11) is 0. The van der Waals surface area contributed by atoms with Crippen LogP contribution in [0.25, 0.3) is 0 Å². The van der Waals surface area contributed by atoms with E-state index in [1.807, 2.05) is 0 Å². The molecule has 20 heavy (non-hydrogen) atoms. The highest BCUT2D eigenvalue weighted by Gasteiger charge is 2.21. The molecule has 0 heterocycles. The first-order valence-electron chi connectivity index (χ1n) is 6.84. The molecule has 0 amide bonds. The normalized spacial score (nSPS) is 22.6. The predicted molar refractivity (Wildman–Crippen MR) is 77.7 cm³/mol. The first-order chi connectivity index (χ1) is 9.47. The molecule has 1 N–H and O–H groups in total. The van der Waals surface area contributed by atoms with Gasteiger partial charge in [0.1, 0.15) is 11.5 Å². The molecule has 0 spiro atoms. The smallest absolute Gasteiger partial charge is 0.295 e. The number of anilines is 1. The van der Waals surface area contributed by atoms with Gasteiger partial charge in [0.05, 0.1) is 16.0 Å². The standard InChI is InChI=1S/C14H18ClFN2O2/c1-9-2-4-10(5-3-9)8-17-13-6-11(15)12(16)7-14(13)18(19)20/h6-7,9-10,17H,2-5,8H2,1H3. The second-order valence-electron chi connectivity index (χ2n) is 5.55. The Morgan fingerprint density at radius 1 is 1.40 bits per heavy atom. The van der Waals surface area contributed by atoms with Crippen LogP contribution < -0.4 is 5.32 Å². The molecule has 1 fully saturated rings. The molecule has 2 rings (SSSR count). The van der Waals surface area contributed by atoms with Crippen LogP contribution >= 0.6 is 11.6 Å². The number of nitro groups is 1. The van der Waals surface area contributed by atoms with Crippen LogP contribution in [0.5, 0.6) is 0 Å². The Hall–Kier alpha value is -1.36. The van der Waals surface area contributed by atoms with Crippen molar-refractivity contribution in [2.45, 2.75) is 32.6 Å². The second-order valence-corrected chi connectivity index (χ2v) is 5.95. The summed E-state index contributed by atoms with van der Waals surface area (Å²) in [6.07, 6.45) is 4.63. The Bertz CT molecular complexity index is 502. The predicted octanol–water partition coefficient (Wildman–Crippen LogP) is 4.63. The van der Waals surface area contributed by atoms with Gasteiger partial charge in [-0.1, -0.05) is 31.4 Å². The van der Waals surface area contributed by atoms with Gasteiger partial charge in [0.15, 0.2) is 0 Å². The maximum atomic E-state index is 13.3. The summed E-state index contributed by atoms with van der Waals surface area (Å²) in [5.41, 5.74) is 0.0242. The summed E-state index contributed by atoms with van der Waals surface area (Å²) in [4.78, 5) is 10.3. The minimum absolute atomic E-state index is 0.102. The number of nitro benzene ring substituents is 1. The fourth-order valence-electron chi connectivity index (χ4n) is 2.62. The molecule has 0 atom stereocenters. The van der Waals surface area contributed by atoms with Gasteiger partial charge in [0.25, 0.3) is 5.69 Å². The van der Waals surface area contributed by atoms with Gasteiger partial charge in [-0.05, 0) is 30.7 Å². The van der Waals surface area contributed by atoms with Gasteiger partial charge < -0.3 is 5.32 Å². The molecule has 1 aromatic carbocycles. The number of hydrogen-bond donors (Lipinski definition) is 1. The fraction of sp³-hybridized carbons (Fsp3) is 0.571. The molecule has 1 saturated carbocycles. The van der Waals surface area contributed by atoms with Crippen molar-refractivity contribution in [2.24, 2.45) is 11.8 Å². The zero-order valence-corrected chi connectivity index (χ0v) is 12.1. The third kappa shape index (κ3) is 3.60. The van der Waals surface area contributed by atoms with Gasteiger partial charge in [0, 0.05) is 6.54 Å². The van der Waals surface area contributed by atoms with E-state index in [9.17, 15) is 14.5 Å². The maximum absolute atomic E-state index is 13.3. The molecule has 0 unspecified atom stereocenters. The molecule has 110 valence electrons. The van der Waals surface area contributed by atoms with Gasteiger partial charge >= 0.3 is 0 Å². The van der Waals surface area contributed by atoms with E-state index in [1.165, 1.54) is 18.9 Å². The summed E-state index contributed by atoms with van der Waals surface area (Å²) in [6.45, 7) is 2.91. The number of rotatable bonds is 4. The van der Waals surface area contributed by atoms with Gasteiger partial charge in [0.2, 0.25) is 0 Å². The van der Waals surface area contributed by atoms with E-state index in [-0.39, 0.29) is 10.7 Å². The highest BCUT2D eigenvalue weighted by Crippen LogP contribution is 2.32. The molecule has 6 heteroatoms. The van der Waals surface area contributed by atoms with E-state index in [0.717, 1.165) is 24.8 Å². The largest absolute Gasteiger partial charge is 0.379 e. The first kappa shape index (κ1) is 15.0. The number of nitrogens with zero attached hydrogens (tertiary/aromatic N) is 1. The van der Waals surface area contributed by atoms with E-state index in [1.54, 1.807) is 0 Å². The molecule has 1 aromatic rings. The van der Waals surface area contributed by atoms with E-state index in [2.05, 4.69) is 12.2 Å². The Kier molecular flexibility index (Phi) is 4.81. The summed E-state index contributed by atoms with van der Waals surface area (Å²) in [6, 6.07) is 2.16. The molecule has 0 aromatic heterocycles. The second kappa shape index (κ2) is 6.39. The molecular formula is C14H18ClFN2O2. The van der Waals surface area contributed by atoms with Crippen molar-refractivity contribution in [3.05, 3.63) is 33.1 Å². The van der Waals surface area contributed by atoms with Crippen molar-refractivity contribution in [2.75, 3.05) is 11.9 Å². The Morgan fingerprint density at radius 3 is 2.65 bits per heavy atom. The molecule has 0 aliphatic heterocycles. The van der Waals surface area contributed by atoms with Gasteiger partial charge in [-0.25, -0.2) is 4.39 Å². The van der Waals surface area contributed by atoms with E-state index in [4.69, 9.17) is 11.6 Å². The summed E-state index contributed by atoms with van der Waals surface area (Å²) >= 11 is 5.69.